The number of carbonyl (C=O) groups excluding carboxylic acids is 4. The van der Waals surface area contributed by atoms with E-state index >= 15 is 0 Å². The lowest BCUT2D eigenvalue weighted by atomic mass is 9.47. The molecule has 0 aromatic heterocycles. The number of hydrogen-bond acceptors (Lipinski definition) is 8. The SMILES string of the molecule is CC.CC.CCC(C)(C)C(=O)OCC(=O)OC1(C(C)C)C2CC3CC(C2)CC1C3.CCC(C)(C)C(=O)OCC(=O)OC1(CC)C2CC3CC(C2)CC1C3. The number of ether oxygens (including phenoxy) is 4. The Labute approximate surface area is 323 Å². The van der Waals surface area contributed by atoms with E-state index in [-0.39, 0.29) is 48.3 Å². The highest BCUT2D eigenvalue weighted by Gasteiger charge is 2.61. The van der Waals surface area contributed by atoms with Gasteiger partial charge in [-0.25, -0.2) is 9.59 Å². The van der Waals surface area contributed by atoms with Crippen LogP contribution >= 0.6 is 0 Å². The van der Waals surface area contributed by atoms with Gasteiger partial charge < -0.3 is 18.9 Å². The second-order valence-electron chi connectivity index (χ2n) is 18.5. The standard InChI is InChI=1S/C21H34O4.C20H32O4.2C2H6/c1-6-20(4,5)19(23)24-12-18(22)25-21(13(2)3)16-8-14-7-15(10-16)11-17(21)9-14;1-5-19(3,4)18(22)23-12-17(21)24-20(6-2)15-8-13-7-14(10-15)11-16(20)9-13;2*1-2/h13-17H,6-12H2,1-5H3;13-16H,5-12H2,1-4H3;2*1-2H3. The number of rotatable bonds is 12. The minimum Gasteiger partial charge on any atom is -0.456 e. The summed E-state index contributed by atoms with van der Waals surface area (Å²) in [6.45, 7) is 25.2. The van der Waals surface area contributed by atoms with Gasteiger partial charge in [0.05, 0.1) is 10.8 Å². The summed E-state index contributed by atoms with van der Waals surface area (Å²) in [5.41, 5.74) is -1.77. The zero-order valence-corrected chi connectivity index (χ0v) is 36.1. The summed E-state index contributed by atoms with van der Waals surface area (Å²) < 4.78 is 22.7. The number of esters is 4. The summed E-state index contributed by atoms with van der Waals surface area (Å²) in [6, 6.07) is 0. The van der Waals surface area contributed by atoms with Crippen molar-refractivity contribution in [2.24, 2.45) is 64.1 Å². The Morgan fingerprint density at radius 1 is 0.547 bits per heavy atom. The fourth-order valence-corrected chi connectivity index (χ4v) is 11.3. The minimum atomic E-state index is -0.557. The smallest absolute Gasteiger partial charge is 0.344 e. The van der Waals surface area contributed by atoms with Crippen molar-refractivity contribution in [1.29, 1.82) is 0 Å². The molecule has 53 heavy (non-hydrogen) atoms. The van der Waals surface area contributed by atoms with Crippen LogP contribution in [0.3, 0.4) is 0 Å². The summed E-state index contributed by atoms with van der Waals surface area (Å²) in [4.78, 5) is 49.2. The predicted octanol–water partition coefficient (Wildman–Crippen LogP) is 10.5. The molecule has 8 nitrogen and oxygen atoms in total. The van der Waals surface area contributed by atoms with Gasteiger partial charge in [-0.15, -0.1) is 0 Å². The van der Waals surface area contributed by atoms with Crippen LogP contribution in [0.15, 0.2) is 0 Å². The highest BCUT2D eigenvalue weighted by atomic mass is 16.6. The van der Waals surface area contributed by atoms with Gasteiger partial charge in [0, 0.05) is 0 Å². The molecule has 8 rings (SSSR count). The van der Waals surface area contributed by atoms with E-state index in [1.807, 2.05) is 69.2 Å². The van der Waals surface area contributed by atoms with E-state index in [9.17, 15) is 19.2 Å². The van der Waals surface area contributed by atoms with Crippen molar-refractivity contribution in [3.63, 3.8) is 0 Å². The molecule has 0 spiro atoms. The second kappa shape index (κ2) is 18.7. The third-order valence-corrected chi connectivity index (χ3v) is 14.5. The Hall–Kier alpha value is -2.12. The van der Waals surface area contributed by atoms with Crippen LogP contribution in [0, 0.1) is 64.1 Å². The fourth-order valence-electron chi connectivity index (χ4n) is 11.3. The summed E-state index contributed by atoms with van der Waals surface area (Å²) in [5.74, 6) is 4.23. The first-order valence-electron chi connectivity index (χ1n) is 21.8. The molecule has 0 amide bonds. The molecule has 0 radical (unpaired) electrons. The molecule has 0 aliphatic heterocycles. The molecule has 8 aliphatic carbocycles. The third-order valence-electron chi connectivity index (χ3n) is 14.5. The molecule has 8 heteroatoms. The van der Waals surface area contributed by atoms with E-state index < -0.39 is 10.8 Å². The molecule has 0 aromatic rings. The van der Waals surface area contributed by atoms with Crippen molar-refractivity contribution in [2.45, 2.75) is 185 Å². The van der Waals surface area contributed by atoms with Crippen molar-refractivity contribution >= 4 is 23.9 Å². The lowest BCUT2D eigenvalue weighted by Crippen LogP contribution is -2.62. The van der Waals surface area contributed by atoms with E-state index in [0.29, 0.717) is 42.4 Å². The zero-order valence-electron chi connectivity index (χ0n) is 36.1. The molecule has 0 atom stereocenters. The van der Waals surface area contributed by atoms with E-state index in [0.717, 1.165) is 30.1 Å². The third kappa shape index (κ3) is 9.65. The van der Waals surface area contributed by atoms with Crippen molar-refractivity contribution < 1.29 is 38.1 Å². The summed E-state index contributed by atoms with van der Waals surface area (Å²) in [6.07, 6.45) is 14.6. The Morgan fingerprint density at radius 2 is 0.868 bits per heavy atom. The largest absolute Gasteiger partial charge is 0.456 e. The molecular formula is C45H78O8. The maximum atomic E-state index is 12.6. The molecule has 8 bridgehead atoms. The van der Waals surface area contributed by atoms with Gasteiger partial charge in [0.15, 0.2) is 13.2 Å². The van der Waals surface area contributed by atoms with Gasteiger partial charge in [0.1, 0.15) is 11.2 Å². The van der Waals surface area contributed by atoms with E-state index in [1.165, 1.54) is 64.2 Å². The molecule has 8 aliphatic rings. The predicted molar refractivity (Wildman–Crippen MR) is 210 cm³/mol. The molecule has 0 unspecified atom stereocenters. The van der Waals surface area contributed by atoms with Crippen LogP contribution in [0.5, 0.6) is 0 Å². The maximum absolute atomic E-state index is 12.6. The number of carbonyl (C=O) groups is 4. The average molecular weight is 747 g/mol. The monoisotopic (exact) mass is 747 g/mol. The van der Waals surface area contributed by atoms with Crippen LogP contribution in [0.25, 0.3) is 0 Å². The Morgan fingerprint density at radius 3 is 1.17 bits per heavy atom. The molecule has 0 aromatic carbocycles. The fraction of sp³-hybridized carbons (Fsp3) is 0.911. The van der Waals surface area contributed by atoms with Crippen molar-refractivity contribution in [3.05, 3.63) is 0 Å². The minimum absolute atomic E-state index is 0.254. The average Bonchev–Trinajstić information content (AvgIpc) is 3.13. The molecule has 0 N–H and O–H groups in total. The van der Waals surface area contributed by atoms with Crippen LogP contribution in [0.1, 0.15) is 173 Å². The second-order valence-corrected chi connectivity index (χ2v) is 18.5. The van der Waals surface area contributed by atoms with Gasteiger partial charge >= 0.3 is 23.9 Å². The lowest BCUT2D eigenvalue weighted by molar-refractivity contribution is -0.228. The van der Waals surface area contributed by atoms with Gasteiger partial charge in [-0.05, 0) is 164 Å². The Kier molecular flexibility index (Phi) is 16.0. The first kappa shape index (κ1) is 45.3. The first-order valence-corrected chi connectivity index (χ1v) is 21.8. The van der Waals surface area contributed by atoms with Gasteiger partial charge in [-0.3, -0.25) is 9.59 Å². The Bertz CT molecular complexity index is 1170. The highest BCUT2D eigenvalue weighted by Crippen LogP contribution is 2.62. The number of hydrogen-bond donors (Lipinski definition) is 0. The van der Waals surface area contributed by atoms with Gasteiger partial charge in [-0.1, -0.05) is 62.3 Å². The van der Waals surface area contributed by atoms with Gasteiger partial charge in [-0.2, -0.15) is 0 Å². The topological polar surface area (TPSA) is 105 Å². The van der Waals surface area contributed by atoms with Crippen LogP contribution in [-0.4, -0.2) is 48.3 Å². The quantitative estimate of drug-likeness (QED) is 0.144. The maximum Gasteiger partial charge on any atom is 0.344 e. The van der Waals surface area contributed by atoms with E-state index in [2.05, 4.69) is 20.8 Å². The molecule has 306 valence electrons. The van der Waals surface area contributed by atoms with Crippen LogP contribution in [0.2, 0.25) is 0 Å². The highest BCUT2D eigenvalue weighted by molar-refractivity contribution is 5.80. The van der Waals surface area contributed by atoms with Gasteiger partial charge in [0.25, 0.3) is 0 Å². The summed E-state index contributed by atoms with van der Waals surface area (Å²) in [7, 11) is 0. The molecule has 8 fully saturated rings. The Balaban J connectivity index is 0.000000261. The van der Waals surface area contributed by atoms with Crippen LogP contribution in [0.4, 0.5) is 0 Å². The molecule has 0 saturated heterocycles. The van der Waals surface area contributed by atoms with Crippen molar-refractivity contribution in [3.8, 4) is 0 Å². The summed E-state index contributed by atoms with van der Waals surface area (Å²) in [5, 5.41) is 0. The van der Waals surface area contributed by atoms with E-state index in [4.69, 9.17) is 18.9 Å². The first-order chi connectivity index (χ1) is 25.0. The molecule has 8 saturated carbocycles. The molecule has 0 heterocycles. The van der Waals surface area contributed by atoms with Crippen LogP contribution < -0.4 is 0 Å². The normalized spacial score (nSPS) is 34.4. The zero-order chi connectivity index (χ0) is 39.9. The lowest BCUT2D eigenvalue weighted by Gasteiger charge is -2.61. The summed E-state index contributed by atoms with van der Waals surface area (Å²) >= 11 is 0. The van der Waals surface area contributed by atoms with Gasteiger partial charge in [0.2, 0.25) is 0 Å². The molecular weight excluding hydrogens is 668 g/mol. The van der Waals surface area contributed by atoms with Crippen molar-refractivity contribution in [1.82, 2.24) is 0 Å². The van der Waals surface area contributed by atoms with E-state index in [1.54, 1.807) is 0 Å². The van der Waals surface area contributed by atoms with Crippen LogP contribution in [-0.2, 0) is 38.1 Å². The van der Waals surface area contributed by atoms with Crippen molar-refractivity contribution in [2.75, 3.05) is 13.2 Å².